The summed E-state index contributed by atoms with van der Waals surface area (Å²) in [6.07, 6.45) is 0. The Morgan fingerprint density at radius 2 is 1.39 bits per heavy atom. The summed E-state index contributed by atoms with van der Waals surface area (Å²) in [5, 5.41) is 9.25. The maximum absolute atomic E-state index is 14.5. The predicted molar refractivity (Wildman–Crippen MR) is 119 cm³/mol. The van der Waals surface area contributed by atoms with E-state index in [-0.39, 0.29) is 18.2 Å². The van der Waals surface area contributed by atoms with Gasteiger partial charge in [0.15, 0.2) is 5.82 Å². The molecule has 0 unspecified atom stereocenters. The second kappa shape index (κ2) is 10.1. The maximum Gasteiger partial charge on any atom is 0.340 e. The largest absolute Gasteiger partial charge is 1.00 e. The molecule has 0 N–H and O–H groups in total. The summed E-state index contributed by atoms with van der Waals surface area (Å²) < 4.78 is 20.4. The fraction of sp³-hybridized carbons (Fsp3) is 0.0385. The van der Waals surface area contributed by atoms with E-state index >= 15 is 0 Å². The summed E-state index contributed by atoms with van der Waals surface area (Å²) in [5.41, 5.74) is 3.00. The number of nitrogens with zero attached hydrogens (tertiary/aromatic N) is 4. The SMILES string of the molecule is Fc1ccccc1-[n+]1nc(-c2ccc(OCc3ccccc3)cc2)nn1-c1ccccc1.[Cl-]. The van der Waals surface area contributed by atoms with Crippen molar-refractivity contribution < 1.29 is 26.3 Å². The van der Waals surface area contributed by atoms with Crippen molar-refractivity contribution in [1.29, 1.82) is 0 Å². The Morgan fingerprint density at radius 3 is 2.09 bits per heavy atom. The molecule has 0 spiro atoms. The van der Waals surface area contributed by atoms with Crippen LogP contribution in [0.1, 0.15) is 5.56 Å². The lowest BCUT2D eigenvalue weighted by atomic mass is 10.2. The minimum Gasteiger partial charge on any atom is -1.00 e. The van der Waals surface area contributed by atoms with Crippen LogP contribution in [-0.4, -0.2) is 15.0 Å². The summed E-state index contributed by atoms with van der Waals surface area (Å²) in [4.78, 5) is 3.06. The summed E-state index contributed by atoms with van der Waals surface area (Å²) in [7, 11) is 0. The summed E-state index contributed by atoms with van der Waals surface area (Å²) in [6.45, 7) is 0.494. The van der Waals surface area contributed by atoms with Crippen molar-refractivity contribution in [2.45, 2.75) is 6.61 Å². The molecule has 0 aliphatic carbocycles. The molecule has 0 atom stereocenters. The highest BCUT2D eigenvalue weighted by Gasteiger charge is 2.25. The lowest BCUT2D eigenvalue weighted by Crippen LogP contribution is -3.00. The van der Waals surface area contributed by atoms with Crippen LogP contribution in [0.25, 0.3) is 22.8 Å². The third kappa shape index (κ3) is 4.91. The molecule has 1 heterocycles. The molecule has 164 valence electrons. The quantitative estimate of drug-likeness (QED) is 0.365. The first-order chi connectivity index (χ1) is 15.8. The Labute approximate surface area is 197 Å². The first-order valence-corrected chi connectivity index (χ1v) is 10.2. The molecule has 1 aromatic heterocycles. The van der Waals surface area contributed by atoms with E-state index < -0.39 is 0 Å². The van der Waals surface area contributed by atoms with Crippen LogP contribution in [-0.2, 0) is 6.61 Å². The topological polar surface area (TPSA) is 43.8 Å². The van der Waals surface area contributed by atoms with Crippen molar-refractivity contribution >= 4 is 0 Å². The van der Waals surface area contributed by atoms with Crippen LogP contribution in [0.2, 0.25) is 0 Å². The number of para-hydroxylation sites is 2. The van der Waals surface area contributed by atoms with Gasteiger partial charge in [0.05, 0.1) is 10.7 Å². The van der Waals surface area contributed by atoms with Crippen LogP contribution in [0.5, 0.6) is 5.75 Å². The van der Waals surface area contributed by atoms with Crippen LogP contribution in [0.4, 0.5) is 4.39 Å². The van der Waals surface area contributed by atoms with E-state index in [1.807, 2.05) is 84.9 Å². The molecule has 0 bridgehead atoms. The van der Waals surface area contributed by atoms with Crippen LogP contribution in [0.15, 0.2) is 109 Å². The number of hydrogen-bond acceptors (Lipinski definition) is 3. The average Bonchev–Trinajstić information content (AvgIpc) is 3.30. The number of tetrazole rings is 1. The van der Waals surface area contributed by atoms with Gasteiger partial charge in [-0.2, -0.15) is 0 Å². The molecular formula is C26H20ClFN4O. The summed E-state index contributed by atoms with van der Waals surface area (Å²) in [5.74, 6) is 0.854. The third-order valence-electron chi connectivity index (χ3n) is 4.97. The zero-order valence-electron chi connectivity index (χ0n) is 17.6. The lowest BCUT2D eigenvalue weighted by Gasteiger charge is -2.05. The zero-order valence-corrected chi connectivity index (χ0v) is 18.3. The average molecular weight is 459 g/mol. The molecule has 5 rings (SSSR count). The molecule has 4 aromatic carbocycles. The number of hydrogen-bond donors (Lipinski definition) is 0. The number of aromatic nitrogens is 4. The molecular weight excluding hydrogens is 439 g/mol. The second-order valence-corrected chi connectivity index (χ2v) is 7.19. The predicted octanol–water partition coefficient (Wildman–Crippen LogP) is 1.93. The minimum atomic E-state index is -0.377. The summed E-state index contributed by atoms with van der Waals surface area (Å²) in [6, 6.07) is 33.6. The normalized spacial score (nSPS) is 10.5. The smallest absolute Gasteiger partial charge is 0.340 e. The van der Waals surface area contributed by atoms with Crippen molar-refractivity contribution in [2.75, 3.05) is 0 Å². The molecule has 0 radical (unpaired) electrons. The number of rotatable bonds is 6. The Morgan fingerprint density at radius 1 is 0.758 bits per heavy atom. The Kier molecular flexibility index (Phi) is 6.76. The molecule has 0 saturated heterocycles. The van der Waals surface area contributed by atoms with Crippen molar-refractivity contribution in [3.8, 4) is 28.5 Å². The molecule has 5 aromatic rings. The lowest BCUT2D eigenvalue weighted by molar-refractivity contribution is -0.736. The van der Waals surface area contributed by atoms with Crippen molar-refractivity contribution in [1.82, 2.24) is 15.0 Å². The van der Waals surface area contributed by atoms with Gasteiger partial charge in [0, 0.05) is 4.80 Å². The van der Waals surface area contributed by atoms with Gasteiger partial charge >= 0.3 is 5.82 Å². The van der Waals surface area contributed by atoms with Gasteiger partial charge in [-0.25, -0.2) is 4.39 Å². The van der Waals surface area contributed by atoms with Crippen molar-refractivity contribution in [3.05, 3.63) is 121 Å². The van der Waals surface area contributed by atoms with Gasteiger partial charge in [-0.05, 0) is 64.0 Å². The Balaban J connectivity index is 0.00000259. The number of halogens is 2. The van der Waals surface area contributed by atoms with Gasteiger partial charge in [-0.3, -0.25) is 0 Å². The van der Waals surface area contributed by atoms with E-state index in [4.69, 9.17) is 4.74 Å². The highest BCUT2D eigenvalue weighted by Crippen LogP contribution is 2.20. The molecule has 0 aliphatic heterocycles. The Bertz CT molecular complexity index is 1330. The summed E-state index contributed by atoms with van der Waals surface area (Å²) >= 11 is 0. The minimum absolute atomic E-state index is 0. The highest BCUT2D eigenvalue weighted by molar-refractivity contribution is 5.55. The van der Waals surface area contributed by atoms with E-state index in [9.17, 15) is 4.39 Å². The first kappa shape index (κ1) is 22.2. The van der Waals surface area contributed by atoms with Gasteiger partial charge in [0.2, 0.25) is 5.69 Å². The van der Waals surface area contributed by atoms with Crippen LogP contribution < -0.4 is 21.9 Å². The van der Waals surface area contributed by atoms with E-state index in [1.165, 1.54) is 10.9 Å². The molecule has 0 saturated carbocycles. The third-order valence-corrected chi connectivity index (χ3v) is 4.97. The van der Waals surface area contributed by atoms with Gasteiger partial charge in [0.1, 0.15) is 18.0 Å². The van der Waals surface area contributed by atoms with Gasteiger partial charge < -0.3 is 17.1 Å². The molecule has 7 heteroatoms. The fourth-order valence-electron chi connectivity index (χ4n) is 3.34. The van der Waals surface area contributed by atoms with E-state index in [0.717, 1.165) is 22.6 Å². The fourth-order valence-corrected chi connectivity index (χ4v) is 3.34. The second-order valence-electron chi connectivity index (χ2n) is 7.19. The molecule has 0 amide bonds. The molecule has 0 fully saturated rings. The Hall–Kier alpha value is -4.03. The first-order valence-electron chi connectivity index (χ1n) is 10.2. The van der Waals surface area contributed by atoms with Crippen molar-refractivity contribution in [2.24, 2.45) is 0 Å². The van der Waals surface area contributed by atoms with Gasteiger partial charge in [-0.1, -0.05) is 60.7 Å². The standard InChI is InChI=1S/C26H20FN4O.ClH/c27-24-13-7-8-14-25(24)31-29-26(28-30(31)22-11-5-2-6-12-22)21-15-17-23(18-16-21)32-19-20-9-3-1-4-10-20;/h1-18H,19H2;1H/q+1;/p-1. The van der Waals surface area contributed by atoms with Crippen LogP contribution in [0, 0.1) is 5.82 Å². The zero-order chi connectivity index (χ0) is 21.8. The van der Waals surface area contributed by atoms with E-state index in [1.54, 1.807) is 23.0 Å². The van der Waals surface area contributed by atoms with Gasteiger partial charge in [-0.15, -0.1) is 0 Å². The van der Waals surface area contributed by atoms with E-state index in [0.29, 0.717) is 18.1 Å². The number of benzene rings is 4. The van der Waals surface area contributed by atoms with Crippen LogP contribution in [0.3, 0.4) is 0 Å². The highest BCUT2D eigenvalue weighted by atomic mass is 35.5. The molecule has 33 heavy (non-hydrogen) atoms. The molecule has 0 aliphatic rings. The van der Waals surface area contributed by atoms with Crippen LogP contribution >= 0.6 is 0 Å². The van der Waals surface area contributed by atoms with Crippen molar-refractivity contribution in [3.63, 3.8) is 0 Å². The monoisotopic (exact) mass is 458 g/mol. The maximum atomic E-state index is 14.5. The van der Waals surface area contributed by atoms with E-state index in [2.05, 4.69) is 10.2 Å². The molecule has 5 nitrogen and oxygen atoms in total. The number of ether oxygens (including phenoxy) is 1. The van der Waals surface area contributed by atoms with Gasteiger partial charge in [0.25, 0.3) is 0 Å².